The van der Waals surface area contributed by atoms with Crippen LogP contribution in [0.5, 0.6) is 0 Å². The molecule has 0 bridgehead atoms. The van der Waals surface area contributed by atoms with Crippen LogP contribution in [-0.4, -0.2) is 15.2 Å². The molecule has 0 atom stereocenters. The molecule has 0 radical (unpaired) electrons. The van der Waals surface area contributed by atoms with E-state index in [4.69, 9.17) is 0 Å². The van der Waals surface area contributed by atoms with Crippen LogP contribution < -0.4 is 14.8 Å². The molecule has 19 heavy (non-hydrogen) atoms. The summed E-state index contributed by atoms with van der Waals surface area (Å²) in [7, 11) is 0. The van der Waals surface area contributed by atoms with Crippen molar-refractivity contribution in [1.82, 2.24) is 4.44 Å². The van der Waals surface area contributed by atoms with Gasteiger partial charge in [-0.25, -0.2) is 0 Å². The molecule has 0 unspecified atom stereocenters. The molecule has 2 aromatic rings. The summed E-state index contributed by atoms with van der Waals surface area (Å²) in [4.78, 5) is 1.29. The maximum atomic E-state index is 3.50. The summed E-state index contributed by atoms with van der Waals surface area (Å²) in [5.74, 6) is 1.19. The first-order valence-electron chi connectivity index (χ1n) is 5.98. The van der Waals surface area contributed by atoms with Crippen molar-refractivity contribution in [3.8, 4) is 0 Å². The molecule has 4 rings (SSSR count). The Hall–Kier alpha value is -1.39. The fourth-order valence-electron chi connectivity index (χ4n) is 2.12. The molecule has 0 saturated carbocycles. The zero-order chi connectivity index (χ0) is 12.7. The average Bonchev–Trinajstić information content (AvgIpc) is 3.00. The number of para-hydroxylation sites is 2. The minimum atomic E-state index is 0.288. The van der Waals surface area contributed by atoms with E-state index in [9.17, 15) is 0 Å². The van der Waals surface area contributed by atoms with E-state index in [0.717, 1.165) is 0 Å². The fourth-order valence-corrected chi connectivity index (χ4v) is 5.23. The number of fused-ring (bicyclic) bond motifs is 3. The van der Waals surface area contributed by atoms with E-state index >= 15 is 0 Å². The number of nitrogens with zero attached hydrogens (tertiary/aromatic N) is 1. The van der Waals surface area contributed by atoms with Crippen LogP contribution in [0, 0.1) is 0 Å². The number of hydrogen-bond acceptors (Lipinski definition) is 4. The van der Waals surface area contributed by atoms with Crippen molar-refractivity contribution in [2.75, 3.05) is 10.3 Å². The van der Waals surface area contributed by atoms with Gasteiger partial charge in [-0.1, -0.05) is 0 Å². The van der Waals surface area contributed by atoms with Gasteiger partial charge in [0.15, 0.2) is 0 Å². The zero-order valence-corrected chi connectivity index (χ0v) is 12.5. The van der Waals surface area contributed by atoms with Crippen LogP contribution in [0.2, 0.25) is 0 Å². The maximum absolute atomic E-state index is 3.50. The molecule has 0 aromatic heterocycles. The number of rotatable bonds is 2. The van der Waals surface area contributed by atoms with Crippen LogP contribution in [0.1, 0.15) is 0 Å². The van der Waals surface area contributed by atoms with Crippen molar-refractivity contribution < 1.29 is 0 Å². The molecule has 2 aliphatic rings. The van der Waals surface area contributed by atoms with E-state index in [1.165, 1.54) is 25.9 Å². The summed E-state index contributed by atoms with van der Waals surface area (Å²) in [5, 5.41) is 5.67. The molecule has 94 valence electrons. The van der Waals surface area contributed by atoms with Gasteiger partial charge in [0.2, 0.25) is 0 Å². The molecular formula is C14H11N3SSe. The second-order valence-electron chi connectivity index (χ2n) is 4.22. The molecule has 2 aromatic carbocycles. The van der Waals surface area contributed by atoms with E-state index < -0.39 is 0 Å². The van der Waals surface area contributed by atoms with Crippen molar-refractivity contribution in [3.63, 3.8) is 0 Å². The van der Waals surface area contributed by atoms with Gasteiger partial charge >= 0.3 is 122 Å². The van der Waals surface area contributed by atoms with Crippen LogP contribution in [0.15, 0.2) is 69.1 Å². The molecule has 0 fully saturated rings. The molecule has 0 saturated heterocycles. The van der Waals surface area contributed by atoms with Gasteiger partial charge in [-0.3, -0.25) is 0 Å². The first-order chi connectivity index (χ1) is 9.42. The summed E-state index contributed by atoms with van der Waals surface area (Å²) >= 11 is 2.13. The van der Waals surface area contributed by atoms with E-state index in [0.29, 0.717) is 0 Å². The van der Waals surface area contributed by atoms with Crippen LogP contribution in [-0.2, 0) is 0 Å². The first kappa shape index (κ1) is 11.4. The molecule has 5 heteroatoms. The number of thioether (sulfide) groups is 1. The van der Waals surface area contributed by atoms with Gasteiger partial charge in [0.25, 0.3) is 0 Å². The third kappa shape index (κ3) is 1.95. The summed E-state index contributed by atoms with van der Waals surface area (Å²) < 4.78 is 4.87. The van der Waals surface area contributed by atoms with E-state index in [1.54, 1.807) is 0 Å². The van der Waals surface area contributed by atoms with Gasteiger partial charge in [-0.05, 0) is 0 Å². The van der Waals surface area contributed by atoms with Gasteiger partial charge in [-0.15, -0.1) is 0 Å². The first-order valence-corrected chi connectivity index (χ1v) is 8.50. The van der Waals surface area contributed by atoms with Gasteiger partial charge < -0.3 is 0 Å². The fraction of sp³-hybridized carbons (Fsp3) is 0. The zero-order valence-electron chi connectivity index (χ0n) is 9.96. The number of hydrazine groups is 1. The number of anilines is 2. The molecular weight excluding hydrogens is 321 g/mol. The third-order valence-electron chi connectivity index (χ3n) is 3.00. The SMILES string of the molecule is c1ccc(SC2=C3Nc4ccccc4N3N[Se]2)cc1. The summed E-state index contributed by atoms with van der Waals surface area (Å²) in [5.41, 5.74) is 2.38. The van der Waals surface area contributed by atoms with Crippen molar-refractivity contribution >= 4 is 38.3 Å². The van der Waals surface area contributed by atoms with Crippen molar-refractivity contribution in [3.05, 3.63) is 64.2 Å². The van der Waals surface area contributed by atoms with Crippen LogP contribution in [0.25, 0.3) is 0 Å². The van der Waals surface area contributed by atoms with Crippen LogP contribution >= 0.6 is 11.8 Å². The molecule has 2 heterocycles. The van der Waals surface area contributed by atoms with Crippen LogP contribution in [0.3, 0.4) is 0 Å². The Balaban J connectivity index is 1.67. The Morgan fingerprint density at radius 3 is 2.63 bits per heavy atom. The quantitative estimate of drug-likeness (QED) is 0.827. The Labute approximate surface area is 122 Å². The Morgan fingerprint density at radius 1 is 0.947 bits per heavy atom. The second kappa shape index (κ2) is 4.62. The molecule has 3 nitrogen and oxygen atoms in total. The van der Waals surface area contributed by atoms with Crippen molar-refractivity contribution in [2.45, 2.75) is 4.90 Å². The summed E-state index contributed by atoms with van der Waals surface area (Å²) in [6.07, 6.45) is 0. The molecule has 2 N–H and O–H groups in total. The van der Waals surface area contributed by atoms with Crippen LogP contribution in [0.4, 0.5) is 11.4 Å². The number of hydrogen-bond donors (Lipinski definition) is 2. The minimum absolute atomic E-state index is 0.288. The normalized spacial score (nSPS) is 16.3. The Bertz CT molecular complexity index is 657. The van der Waals surface area contributed by atoms with E-state index in [-0.39, 0.29) is 15.2 Å². The van der Waals surface area contributed by atoms with Gasteiger partial charge in [0, 0.05) is 0 Å². The van der Waals surface area contributed by atoms with E-state index in [2.05, 4.69) is 69.4 Å². The summed E-state index contributed by atoms with van der Waals surface area (Å²) in [6.45, 7) is 0. The Kier molecular flexibility index (Phi) is 2.78. The van der Waals surface area contributed by atoms with Gasteiger partial charge in [0.05, 0.1) is 0 Å². The topological polar surface area (TPSA) is 27.3 Å². The number of benzene rings is 2. The van der Waals surface area contributed by atoms with Gasteiger partial charge in [0.1, 0.15) is 0 Å². The number of nitrogens with one attached hydrogen (secondary N) is 2. The molecule has 0 aliphatic carbocycles. The van der Waals surface area contributed by atoms with Crippen molar-refractivity contribution in [2.24, 2.45) is 0 Å². The predicted molar refractivity (Wildman–Crippen MR) is 80.8 cm³/mol. The average molecular weight is 332 g/mol. The Morgan fingerprint density at radius 2 is 1.74 bits per heavy atom. The predicted octanol–water partition coefficient (Wildman–Crippen LogP) is 2.97. The third-order valence-corrected chi connectivity index (χ3v) is 6.21. The molecule has 0 amide bonds. The monoisotopic (exact) mass is 333 g/mol. The second-order valence-corrected chi connectivity index (χ2v) is 7.56. The molecule has 2 aliphatic heterocycles. The standard InChI is InChI=1S/C14H11N3SSe/c1-2-6-10(7-3-1)18-14-13-15-11-8-4-5-9-12(11)17(13)16-19-14/h1-9,15-16H. The van der Waals surface area contributed by atoms with Gasteiger partial charge in [-0.2, -0.15) is 0 Å². The summed E-state index contributed by atoms with van der Waals surface area (Å²) in [6, 6.07) is 18.9. The van der Waals surface area contributed by atoms with Crippen molar-refractivity contribution in [1.29, 1.82) is 0 Å². The molecule has 0 spiro atoms. The van der Waals surface area contributed by atoms with E-state index in [1.807, 2.05) is 11.8 Å².